The summed E-state index contributed by atoms with van der Waals surface area (Å²) in [5.41, 5.74) is 1.33. The van der Waals surface area contributed by atoms with Crippen molar-refractivity contribution in [3.8, 4) is 0 Å². The fourth-order valence-electron chi connectivity index (χ4n) is 3.30. The lowest BCUT2D eigenvalue weighted by atomic mass is 9.84. The SMILES string of the molecule is CC(C)CC12CCCN1C/C(=C\F)C2. The molecule has 2 rings (SSSR count). The van der Waals surface area contributed by atoms with Crippen LogP contribution < -0.4 is 0 Å². The minimum atomic E-state index is 0.325. The van der Waals surface area contributed by atoms with Crippen LogP contribution in [0.1, 0.15) is 39.5 Å². The van der Waals surface area contributed by atoms with E-state index in [2.05, 4.69) is 18.7 Å². The monoisotopic (exact) mass is 197 g/mol. The van der Waals surface area contributed by atoms with Gasteiger partial charge in [0, 0.05) is 12.1 Å². The normalized spacial score (nSPS) is 35.9. The van der Waals surface area contributed by atoms with Crippen LogP contribution in [0.5, 0.6) is 0 Å². The van der Waals surface area contributed by atoms with Crippen molar-refractivity contribution in [2.75, 3.05) is 13.1 Å². The molecule has 2 fully saturated rings. The van der Waals surface area contributed by atoms with Crippen molar-refractivity contribution >= 4 is 0 Å². The molecule has 2 heterocycles. The second-order valence-corrected chi connectivity index (χ2v) is 5.29. The molecule has 0 N–H and O–H groups in total. The lowest BCUT2D eigenvalue weighted by Crippen LogP contribution is -2.39. The zero-order valence-corrected chi connectivity index (χ0v) is 9.22. The van der Waals surface area contributed by atoms with Gasteiger partial charge < -0.3 is 0 Å². The number of rotatable bonds is 2. The summed E-state index contributed by atoms with van der Waals surface area (Å²) in [6.07, 6.45) is 5.60. The van der Waals surface area contributed by atoms with Gasteiger partial charge in [-0.15, -0.1) is 0 Å². The van der Waals surface area contributed by atoms with Crippen molar-refractivity contribution in [1.29, 1.82) is 0 Å². The molecule has 2 heteroatoms. The molecule has 80 valence electrons. The van der Waals surface area contributed by atoms with Crippen molar-refractivity contribution in [2.24, 2.45) is 5.92 Å². The first-order chi connectivity index (χ1) is 6.66. The molecule has 0 spiro atoms. The van der Waals surface area contributed by atoms with Gasteiger partial charge in [-0.25, -0.2) is 4.39 Å². The maximum absolute atomic E-state index is 12.5. The fraction of sp³-hybridized carbons (Fsp3) is 0.833. The van der Waals surface area contributed by atoms with Gasteiger partial charge in [-0.05, 0) is 43.7 Å². The topological polar surface area (TPSA) is 3.24 Å². The lowest BCUT2D eigenvalue weighted by molar-refractivity contribution is 0.163. The predicted molar refractivity (Wildman–Crippen MR) is 56.8 cm³/mol. The molecule has 14 heavy (non-hydrogen) atoms. The molecule has 1 atom stereocenters. The standard InChI is InChI=1S/C12H20FN/c1-10(2)6-12-4-3-5-14(12)9-11(7-12)8-13/h8,10H,3-7,9H2,1-2H3/b11-8-. The molecule has 0 aromatic heterocycles. The Bertz CT molecular complexity index is 247. The van der Waals surface area contributed by atoms with Crippen LogP contribution in [0, 0.1) is 5.92 Å². The van der Waals surface area contributed by atoms with Gasteiger partial charge in [0.15, 0.2) is 0 Å². The van der Waals surface area contributed by atoms with E-state index in [0.717, 1.165) is 30.8 Å². The Morgan fingerprint density at radius 2 is 2.36 bits per heavy atom. The van der Waals surface area contributed by atoms with Gasteiger partial charge >= 0.3 is 0 Å². The number of halogens is 1. The van der Waals surface area contributed by atoms with E-state index < -0.39 is 0 Å². The van der Waals surface area contributed by atoms with Crippen molar-refractivity contribution in [2.45, 2.75) is 45.1 Å². The minimum Gasteiger partial charge on any atom is -0.293 e. The summed E-state index contributed by atoms with van der Waals surface area (Å²) in [6.45, 7) is 6.58. The third-order valence-electron chi connectivity index (χ3n) is 3.63. The van der Waals surface area contributed by atoms with Crippen molar-refractivity contribution < 1.29 is 4.39 Å². The Kier molecular flexibility index (Phi) is 2.65. The second-order valence-electron chi connectivity index (χ2n) is 5.29. The summed E-state index contributed by atoms with van der Waals surface area (Å²) >= 11 is 0. The highest BCUT2D eigenvalue weighted by Gasteiger charge is 2.46. The Balaban J connectivity index is 2.14. The van der Waals surface area contributed by atoms with Crippen LogP contribution in [0.15, 0.2) is 11.9 Å². The van der Waals surface area contributed by atoms with Gasteiger partial charge in [-0.3, -0.25) is 4.90 Å². The third-order valence-corrected chi connectivity index (χ3v) is 3.63. The van der Waals surface area contributed by atoms with Crippen LogP contribution in [0.4, 0.5) is 4.39 Å². The highest BCUT2D eigenvalue weighted by atomic mass is 19.1. The van der Waals surface area contributed by atoms with Gasteiger partial charge in [0.05, 0.1) is 6.33 Å². The molecule has 1 unspecified atom stereocenters. The highest BCUT2D eigenvalue weighted by molar-refractivity contribution is 5.18. The van der Waals surface area contributed by atoms with Gasteiger partial charge in [0.25, 0.3) is 0 Å². The first kappa shape index (κ1) is 10.2. The molecule has 0 amide bonds. The second kappa shape index (κ2) is 3.65. The molecule has 0 aromatic rings. The van der Waals surface area contributed by atoms with Gasteiger partial charge in [0.2, 0.25) is 0 Å². The van der Waals surface area contributed by atoms with Crippen LogP contribution in [-0.4, -0.2) is 23.5 Å². The largest absolute Gasteiger partial charge is 0.293 e. The van der Waals surface area contributed by atoms with E-state index >= 15 is 0 Å². The maximum atomic E-state index is 12.5. The van der Waals surface area contributed by atoms with E-state index in [1.54, 1.807) is 0 Å². The molecule has 0 aromatic carbocycles. The summed E-state index contributed by atoms with van der Waals surface area (Å²) < 4.78 is 12.5. The van der Waals surface area contributed by atoms with Crippen molar-refractivity contribution in [3.63, 3.8) is 0 Å². The van der Waals surface area contributed by atoms with Gasteiger partial charge in [-0.1, -0.05) is 13.8 Å². The average Bonchev–Trinajstić information content (AvgIpc) is 2.58. The Labute approximate surface area is 86.0 Å². The number of fused-ring (bicyclic) bond motifs is 1. The first-order valence-corrected chi connectivity index (χ1v) is 5.69. The van der Waals surface area contributed by atoms with Gasteiger partial charge in [0.1, 0.15) is 0 Å². The summed E-state index contributed by atoms with van der Waals surface area (Å²) in [5, 5.41) is 0. The molecular weight excluding hydrogens is 177 g/mol. The quantitative estimate of drug-likeness (QED) is 0.657. The minimum absolute atomic E-state index is 0.325. The van der Waals surface area contributed by atoms with Crippen molar-refractivity contribution in [3.05, 3.63) is 11.9 Å². The molecule has 0 aliphatic carbocycles. The molecular formula is C12H20FN. The summed E-state index contributed by atoms with van der Waals surface area (Å²) in [6, 6.07) is 0. The zero-order chi connectivity index (χ0) is 10.2. The molecule has 2 saturated heterocycles. The summed E-state index contributed by atoms with van der Waals surface area (Å²) in [7, 11) is 0. The van der Waals surface area contributed by atoms with Crippen molar-refractivity contribution in [1.82, 2.24) is 4.90 Å². The fourth-order valence-corrected chi connectivity index (χ4v) is 3.30. The van der Waals surface area contributed by atoms with Crippen LogP contribution in [-0.2, 0) is 0 Å². The van der Waals surface area contributed by atoms with Crippen LogP contribution in [0.3, 0.4) is 0 Å². The summed E-state index contributed by atoms with van der Waals surface area (Å²) in [4.78, 5) is 2.50. The molecule has 2 aliphatic heterocycles. The molecule has 2 aliphatic rings. The van der Waals surface area contributed by atoms with E-state index in [1.165, 1.54) is 25.8 Å². The number of hydrogen-bond acceptors (Lipinski definition) is 1. The van der Waals surface area contributed by atoms with E-state index in [-0.39, 0.29) is 0 Å². The van der Waals surface area contributed by atoms with Gasteiger partial charge in [-0.2, -0.15) is 0 Å². The smallest absolute Gasteiger partial charge is 0.0872 e. The van der Waals surface area contributed by atoms with E-state index in [0.29, 0.717) is 5.54 Å². The molecule has 0 radical (unpaired) electrons. The predicted octanol–water partition coefficient (Wildman–Crippen LogP) is 3.12. The Morgan fingerprint density at radius 3 is 3.00 bits per heavy atom. The van der Waals surface area contributed by atoms with Crippen LogP contribution in [0.2, 0.25) is 0 Å². The molecule has 0 bridgehead atoms. The summed E-state index contributed by atoms with van der Waals surface area (Å²) in [5.74, 6) is 0.717. The average molecular weight is 197 g/mol. The first-order valence-electron chi connectivity index (χ1n) is 5.69. The zero-order valence-electron chi connectivity index (χ0n) is 9.22. The molecule has 1 nitrogen and oxygen atoms in total. The van der Waals surface area contributed by atoms with Crippen LogP contribution in [0.25, 0.3) is 0 Å². The third kappa shape index (κ3) is 1.60. The Hall–Kier alpha value is -0.370. The Morgan fingerprint density at radius 1 is 1.57 bits per heavy atom. The highest BCUT2D eigenvalue weighted by Crippen LogP contribution is 2.45. The lowest BCUT2D eigenvalue weighted by Gasteiger charge is -2.33. The van der Waals surface area contributed by atoms with E-state index in [4.69, 9.17) is 0 Å². The van der Waals surface area contributed by atoms with E-state index in [1.807, 2.05) is 0 Å². The van der Waals surface area contributed by atoms with Crippen LogP contribution >= 0.6 is 0 Å². The number of nitrogens with zero attached hydrogens (tertiary/aromatic N) is 1. The number of hydrogen-bond donors (Lipinski definition) is 0. The molecule has 0 saturated carbocycles. The van der Waals surface area contributed by atoms with E-state index in [9.17, 15) is 4.39 Å². The maximum Gasteiger partial charge on any atom is 0.0872 e.